The second-order valence-corrected chi connectivity index (χ2v) is 1.04. The fourth-order valence-electron chi connectivity index (χ4n) is 0. The Hall–Kier alpha value is 0.120. The molecule has 10 heteroatoms. The summed E-state index contributed by atoms with van der Waals surface area (Å²) >= 11 is -3.40. The normalized spacial score (nSPS) is 3.60. The molecule has 10 heavy (non-hydrogen) atoms. The van der Waals surface area contributed by atoms with Crippen molar-refractivity contribution < 1.29 is 60.3 Å². The average Bonchev–Trinajstić information content (AvgIpc) is 0.811. The summed E-state index contributed by atoms with van der Waals surface area (Å²) in [6.45, 7) is 0. The van der Waals surface area contributed by atoms with Gasteiger partial charge in [-0.05, 0) is 4.20 Å². The third-order valence-electron chi connectivity index (χ3n) is 0. The van der Waals surface area contributed by atoms with E-state index < -0.39 is 14.8 Å². The van der Waals surface area contributed by atoms with Crippen LogP contribution in [0, 0.1) is 14.8 Å². The summed E-state index contributed by atoms with van der Waals surface area (Å²) in [4.78, 5) is 0. The summed E-state index contributed by atoms with van der Waals surface area (Å²) < 4.78 is 24.3. The second-order valence-electron chi connectivity index (χ2n) is 0.201. The molecule has 0 amide bonds. The van der Waals surface area contributed by atoms with Gasteiger partial charge in [0.2, 0.25) is 0 Å². The van der Waals surface area contributed by atoms with Crippen LogP contribution in [0.15, 0.2) is 0 Å². The molecule has 74 valence electrons. The fraction of sp³-hybridized carbons (Fsp3) is 0. The van der Waals surface area contributed by atoms with Crippen LogP contribution in [-0.2, 0) is 0 Å². The Morgan fingerprint density at radius 1 is 0.700 bits per heavy atom. The molecule has 0 aliphatic heterocycles. The van der Waals surface area contributed by atoms with Crippen molar-refractivity contribution in [2.45, 2.75) is 0 Å². The van der Waals surface area contributed by atoms with Crippen LogP contribution in [0.5, 0.6) is 0 Å². The van der Waals surface area contributed by atoms with Gasteiger partial charge in [-0.25, -0.2) is 0 Å². The zero-order valence-corrected chi connectivity index (χ0v) is 6.23. The Morgan fingerprint density at radius 3 is 0.700 bits per heavy atom. The molecule has 9 nitrogen and oxygen atoms in total. The summed E-state index contributed by atoms with van der Waals surface area (Å²) in [5.41, 5.74) is 0. The average molecular weight is 237 g/mol. The van der Waals surface area contributed by atoms with E-state index in [2.05, 4.69) is 0 Å². The zero-order chi connectivity index (χ0) is 3.58. The smallest absolute Gasteiger partial charge is 0.412 e. The second kappa shape index (κ2) is 61.8. The minimum absolute atomic E-state index is 0. The van der Waals surface area contributed by atoms with E-state index in [-0.39, 0.29) is 32.9 Å². The summed E-state index contributed by atoms with van der Waals surface area (Å²) in [6.07, 6.45) is 0. The van der Waals surface area contributed by atoms with Crippen LogP contribution in [-0.4, -0.2) is 37.1 Å². The van der Waals surface area contributed by atoms with Crippen LogP contribution in [0.3, 0.4) is 0 Å². The van der Waals surface area contributed by atoms with Gasteiger partial charge in [0.25, 0.3) is 0 Å². The van der Waals surface area contributed by atoms with Crippen molar-refractivity contribution >= 4 is 0 Å². The molecule has 13 N–H and O–H groups in total. The zero-order valence-electron chi connectivity index (χ0n) is 4.64. The summed E-state index contributed by atoms with van der Waals surface area (Å²) in [6, 6.07) is 0. The van der Waals surface area contributed by atoms with E-state index in [4.69, 9.17) is 12.6 Å². The molecule has 0 atom stereocenters. The molecule has 0 fully saturated rings. The van der Waals surface area contributed by atoms with Gasteiger partial charge < -0.3 is 41.3 Å². The predicted octanol–water partition coefficient (Wildman–Crippen LogP) is -7.88. The maximum Gasteiger partial charge on any atom is 0.433 e. The van der Waals surface area contributed by atoms with Crippen molar-refractivity contribution in [2.24, 2.45) is 0 Å². The lowest BCUT2D eigenvalue weighted by Crippen LogP contribution is -2.30. The lowest BCUT2D eigenvalue weighted by Gasteiger charge is -1.69. The maximum atomic E-state index is 8.63. The Kier molecular flexibility index (Phi) is 534. The van der Waals surface area contributed by atoms with Gasteiger partial charge in [-0.3, -0.25) is 0 Å². The molecule has 0 bridgehead atoms. The molecule has 0 aromatic heterocycles. The van der Waals surface area contributed by atoms with Gasteiger partial charge >= 0.3 is 14.8 Å². The first-order valence-corrected chi connectivity index (χ1v) is 2.48. The summed E-state index contributed by atoms with van der Waals surface area (Å²) in [5.74, 6) is 0. The van der Waals surface area contributed by atoms with Gasteiger partial charge in [-0.1, -0.05) is 0 Å². The largest absolute Gasteiger partial charge is 0.433 e. The maximum absolute atomic E-state index is 8.63. The van der Waals surface area contributed by atoms with Gasteiger partial charge in [0.1, 0.15) is 0 Å². The first-order chi connectivity index (χ1) is 1.73. The highest BCUT2D eigenvalue weighted by molar-refractivity contribution is 1.94. The highest BCUT2D eigenvalue weighted by Gasteiger charge is 1.86. The molecule has 0 aromatic carbocycles. The molecule has 0 spiro atoms. The third kappa shape index (κ3) is 28600. The third-order valence-corrected chi connectivity index (χ3v) is 0. The van der Waals surface area contributed by atoms with Crippen molar-refractivity contribution in [1.29, 1.82) is 0 Å². The molecule has 0 rings (SSSR count). The highest BCUT2D eigenvalue weighted by Crippen LogP contribution is 1.38. The van der Waals surface area contributed by atoms with Crippen LogP contribution in [0.1, 0.15) is 0 Å². The number of rotatable bonds is 0. The van der Waals surface area contributed by atoms with Crippen molar-refractivity contribution in [1.82, 2.24) is 0 Å². The van der Waals surface area contributed by atoms with Crippen molar-refractivity contribution in [2.75, 3.05) is 0 Å². The van der Waals surface area contributed by atoms with Crippen LogP contribution in [0.4, 0.5) is 0 Å². The molecule has 0 aliphatic carbocycles. The van der Waals surface area contributed by atoms with Crippen molar-refractivity contribution in [3.63, 3.8) is 0 Å². The van der Waals surface area contributed by atoms with Crippen LogP contribution in [0.2, 0.25) is 0 Å². The number of hydrogen-bond donors (Lipinski definition) is 1. The van der Waals surface area contributed by atoms with E-state index in [0.29, 0.717) is 0 Å². The van der Waals surface area contributed by atoms with Gasteiger partial charge in [-0.15, -0.1) is 0 Å². The van der Waals surface area contributed by atoms with E-state index in [1.807, 2.05) is 0 Å². The number of hydrogen-bond acceptors (Lipinski definition) is 3. The van der Waals surface area contributed by atoms with Crippen LogP contribution in [0.25, 0.3) is 0 Å². The molecular formula is H13BrO9. The lowest BCUT2D eigenvalue weighted by molar-refractivity contribution is -1.63. The molecule has 0 heterocycles. The van der Waals surface area contributed by atoms with E-state index in [1.165, 1.54) is 0 Å². The molecule has 0 aromatic rings. The Labute approximate surface area is 61.2 Å². The fourth-order valence-corrected chi connectivity index (χ4v) is 0. The van der Waals surface area contributed by atoms with Crippen LogP contribution < -0.4 is 8.40 Å². The van der Waals surface area contributed by atoms with Crippen LogP contribution >= 0.6 is 0 Å². The van der Waals surface area contributed by atoms with E-state index in [9.17, 15) is 0 Å². The van der Waals surface area contributed by atoms with Crippen molar-refractivity contribution in [3.05, 3.63) is 0 Å². The first-order valence-electron chi connectivity index (χ1n) is 0.478. The predicted molar refractivity (Wildman–Crippen MR) is 23.9 cm³/mol. The molecule has 0 aliphatic rings. The molecule has 0 saturated carbocycles. The SMILES string of the molecule is O.O.O.O.O.O.[O-][Br+2]([O-])O. The molecule has 0 unspecified atom stereocenters. The topological polar surface area (TPSA) is 255 Å². The Balaban J connectivity index is -0.00000000300. The van der Waals surface area contributed by atoms with Gasteiger partial charge in [0, 0.05) is 0 Å². The van der Waals surface area contributed by atoms with E-state index in [0.717, 1.165) is 0 Å². The Morgan fingerprint density at radius 2 is 0.700 bits per heavy atom. The minimum Gasteiger partial charge on any atom is -0.412 e. The minimum atomic E-state index is -3.40. The first kappa shape index (κ1) is 86.5. The standard InChI is InChI=1S/BrHO3.6H2O/c2-1(3)4;;;;;;/h2H;6*1H2. The van der Waals surface area contributed by atoms with Gasteiger partial charge in [0.05, 0.1) is 0 Å². The highest BCUT2D eigenvalue weighted by atomic mass is 80.0. The summed E-state index contributed by atoms with van der Waals surface area (Å²) in [7, 11) is 0. The van der Waals surface area contributed by atoms with Gasteiger partial charge in [-0.2, -0.15) is 0 Å². The lowest BCUT2D eigenvalue weighted by atomic mass is 16.0. The Bertz CT molecular complexity index is 9.44. The van der Waals surface area contributed by atoms with E-state index >= 15 is 0 Å². The monoisotopic (exact) mass is 236 g/mol. The molecular weight excluding hydrogens is 224 g/mol. The summed E-state index contributed by atoms with van der Waals surface area (Å²) in [5, 5.41) is 0. The van der Waals surface area contributed by atoms with E-state index in [1.54, 1.807) is 0 Å². The molecule has 0 saturated heterocycles. The quantitative estimate of drug-likeness (QED) is 0.430. The molecule has 0 radical (unpaired) electrons. The van der Waals surface area contributed by atoms with Gasteiger partial charge in [0.15, 0.2) is 0 Å². The van der Waals surface area contributed by atoms with Crippen molar-refractivity contribution in [3.8, 4) is 0 Å². The number of halogens is 1.